The zero-order valence-electron chi connectivity index (χ0n) is 13.5. The Morgan fingerprint density at radius 3 is 2.73 bits per heavy atom. The number of urea groups is 1. The summed E-state index contributed by atoms with van der Waals surface area (Å²) in [6.07, 6.45) is 2.58. The number of rotatable bonds is 5. The first kappa shape index (κ1) is 16.0. The van der Waals surface area contributed by atoms with Gasteiger partial charge in [-0.1, -0.05) is 29.8 Å². The van der Waals surface area contributed by atoms with Gasteiger partial charge < -0.3 is 10.2 Å². The van der Waals surface area contributed by atoms with Crippen molar-refractivity contribution in [3.8, 4) is 0 Å². The second kappa shape index (κ2) is 7.59. The predicted octanol–water partition coefficient (Wildman–Crippen LogP) is 3.08. The SMILES string of the molecule is Cc1ccc(CCNC(=O)N(C)Cc2ccccn2)c(C)c1. The number of pyridine rings is 1. The highest BCUT2D eigenvalue weighted by molar-refractivity contribution is 5.73. The molecule has 0 unspecified atom stereocenters. The van der Waals surface area contributed by atoms with E-state index in [1.165, 1.54) is 16.7 Å². The van der Waals surface area contributed by atoms with Crippen molar-refractivity contribution in [1.82, 2.24) is 15.2 Å². The van der Waals surface area contributed by atoms with Gasteiger partial charge in [0.2, 0.25) is 0 Å². The summed E-state index contributed by atoms with van der Waals surface area (Å²) in [6, 6.07) is 12.0. The Bertz CT molecular complexity index is 625. The lowest BCUT2D eigenvalue weighted by Crippen LogP contribution is -2.38. The van der Waals surface area contributed by atoms with Crippen molar-refractivity contribution in [2.45, 2.75) is 26.8 Å². The van der Waals surface area contributed by atoms with Crippen LogP contribution in [-0.4, -0.2) is 29.5 Å². The lowest BCUT2D eigenvalue weighted by molar-refractivity contribution is 0.206. The maximum Gasteiger partial charge on any atom is 0.317 e. The largest absolute Gasteiger partial charge is 0.338 e. The van der Waals surface area contributed by atoms with Gasteiger partial charge in [0.1, 0.15) is 0 Å². The van der Waals surface area contributed by atoms with Crippen LogP contribution in [0.25, 0.3) is 0 Å². The lowest BCUT2D eigenvalue weighted by atomic mass is 10.0. The van der Waals surface area contributed by atoms with Gasteiger partial charge in [-0.15, -0.1) is 0 Å². The molecule has 2 aromatic rings. The van der Waals surface area contributed by atoms with Crippen LogP contribution in [0.2, 0.25) is 0 Å². The fourth-order valence-corrected chi connectivity index (χ4v) is 2.37. The summed E-state index contributed by atoms with van der Waals surface area (Å²) in [5.41, 5.74) is 4.70. The topological polar surface area (TPSA) is 45.2 Å². The van der Waals surface area contributed by atoms with E-state index in [2.05, 4.69) is 42.3 Å². The molecule has 2 amide bonds. The fraction of sp³-hybridized carbons (Fsp3) is 0.333. The van der Waals surface area contributed by atoms with Crippen LogP contribution >= 0.6 is 0 Å². The molecular formula is C18H23N3O. The van der Waals surface area contributed by atoms with E-state index >= 15 is 0 Å². The number of carbonyl (C=O) groups excluding carboxylic acids is 1. The Balaban J connectivity index is 1.80. The van der Waals surface area contributed by atoms with Crippen molar-refractivity contribution >= 4 is 6.03 Å². The third-order valence-electron chi connectivity index (χ3n) is 3.64. The summed E-state index contributed by atoms with van der Waals surface area (Å²) < 4.78 is 0. The Hall–Kier alpha value is -2.36. The number of hydrogen-bond acceptors (Lipinski definition) is 2. The maximum absolute atomic E-state index is 12.1. The van der Waals surface area contributed by atoms with Gasteiger partial charge in [-0.2, -0.15) is 0 Å². The zero-order chi connectivity index (χ0) is 15.9. The first-order valence-corrected chi connectivity index (χ1v) is 7.51. The number of aromatic nitrogens is 1. The van der Waals surface area contributed by atoms with Gasteiger partial charge in [0, 0.05) is 19.8 Å². The first-order chi connectivity index (χ1) is 10.6. The minimum atomic E-state index is -0.0737. The number of nitrogens with zero attached hydrogens (tertiary/aromatic N) is 2. The zero-order valence-corrected chi connectivity index (χ0v) is 13.5. The van der Waals surface area contributed by atoms with Gasteiger partial charge in [-0.25, -0.2) is 4.79 Å². The molecule has 0 aliphatic heterocycles. The van der Waals surface area contributed by atoms with Crippen molar-refractivity contribution in [2.75, 3.05) is 13.6 Å². The van der Waals surface area contributed by atoms with Gasteiger partial charge in [-0.05, 0) is 43.5 Å². The van der Waals surface area contributed by atoms with Gasteiger partial charge >= 0.3 is 6.03 Å². The highest BCUT2D eigenvalue weighted by Gasteiger charge is 2.09. The first-order valence-electron chi connectivity index (χ1n) is 7.51. The Labute approximate surface area is 132 Å². The van der Waals surface area contributed by atoms with Gasteiger partial charge in [0.25, 0.3) is 0 Å². The minimum Gasteiger partial charge on any atom is -0.338 e. The lowest BCUT2D eigenvalue weighted by Gasteiger charge is -2.17. The van der Waals surface area contributed by atoms with E-state index in [0.717, 1.165) is 12.1 Å². The van der Waals surface area contributed by atoms with E-state index in [1.807, 2.05) is 18.2 Å². The van der Waals surface area contributed by atoms with Crippen LogP contribution in [0.5, 0.6) is 0 Å². The van der Waals surface area contributed by atoms with Crippen LogP contribution in [-0.2, 0) is 13.0 Å². The summed E-state index contributed by atoms with van der Waals surface area (Å²) in [6.45, 7) is 5.34. The normalized spacial score (nSPS) is 10.3. The monoisotopic (exact) mass is 297 g/mol. The number of nitrogens with one attached hydrogen (secondary N) is 1. The van der Waals surface area contributed by atoms with E-state index in [-0.39, 0.29) is 6.03 Å². The molecule has 0 atom stereocenters. The van der Waals surface area contributed by atoms with Gasteiger partial charge in [-0.3, -0.25) is 4.98 Å². The Morgan fingerprint density at radius 1 is 1.23 bits per heavy atom. The molecular weight excluding hydrogens is 274 g/mol. The summed E-state index contributed by atoms with van der Waals surface area (Å²) in [5, 5.41) is 2.95. The van der Waals surface area contributed by atoms with Crippen molar-refractivity contribution in [3.05, 3.63) is 65.0 Å². The predicted molar refractivity (Wildman–Crippen MR) is 88.7 cm³/mol. The van der Waals surface area contributed by atoms with Crippen LogP contribution in [0.1, 0.15) is 22.4 Å². The minimum absolute atomic E-state index is 0.0737. The van der Waals surface area contributed by atoms with E-state index in [0.29, 0.717) is 13.1 Å². The number of aryl methyl sites for hydroxylation is 2. The molecule has 4 nitrogen and oxygen atoms in total. The molecule has 0 aliphatic carbocycles. The second-order valence-corrected chi connectivity index (χ2v) is 5.59. The maximum atomic E-state index is 12.1. The molecule has 0 bridgehead atoms. The average Bonchev–Trinajstić information content (AvgIpc) is 2.50. The molecule has 0 radical (unpaired) electrons. The van der Waals surface area contributed by atoms with Crippen molar-refractivity contribution < 1.29 is 4.79 Å². The van der Waals surface area contributed by atoms with Crippen molar-refractivity contribution in [1.29, 1.82) is 0 Å². The fourth-order valence-electron chi connectivity index (χ4n) is 2.37. The van der Waals surface area contributed by atoms with E-state index in [9.17, 15) is 4.79 Å². The third kappa shape index (κ3) is 4.58. The van der Waals surface area contributed by atoms with E-state index in [1.54, 1.807) is 18.1 Å². The molecule has 1 aromatic carbocycles. The van der Waals surface area contributed by atoms with Crippen LogP contribution < -0.4 is 5.32 Å². The third-order valence-corrected chi connectivity index (χ3v) is 3.64. The number of carbonyl (C=O) groups is 1. The highest BCUT2D eigenvalue weighted by atomic mass is 16.2. The molecule has 1 N–H and O–H groups in total. The summed E-state index contributed by atoms with van der Waals surface area (Å²) in [4.78, 5) is 17.9. The molecule has 0 fully saturated rings. The molecule has 0 saturated heterocycles. The van der Waals surface area contributed by atoms with Crippen molar-refractivity contribution in [2.24, 2.45) is 0 Å². The Morgan fingerprint density at radius 2 is 2.05 bits per heavy atom. The molecule has 2 rings (SSSR count). The number of hydrogen-bond donors (Lipinski definition) is 1. The smallest absolute Gasteiger partial charge is 0.317 e. The summed E-state index contributed by atoms with van der Waals surface area (Å²) >= 11 is 0. The number of amides is 2. The quantitative estimate of drug-likeness (QED) is 0.922. The highest BCUT2D eigenvalue weighted by Crippen LogP contribution is 2.10. The summed E-state index contributed by atoms with van der Waals surface area (Å²) in [5.74, 6) is 0. The van der Waals surface area contributed by atoms with Crippen molar-refractivity contribution in [3.63, 3.8) is 0 Å². The molecule has 22 heavy (non-hydrogen) atoms. The molecule has 0 saturated carbocycles. The van der Waals surface area contributed by atoms with Gasteiger partial charge in [0.15, 0.2) is 0 Å². The average molecular weight is 297 g/mol. The molecule has 0 spiro atoms. The van der Waals surface area contributed by atoms with Gasteiger partial charge in [0.05, 0.1) is 12.2 Å². The van der Waals surface area contributed by atoms with Crippen LogP contribution in [0.15, 0.2) is 42.6 Å². The Kier molecular flexibility index (Phi) is 5.53. The number of benzene rings is 1. The second-order valence-electron chi connectivity index (χ2n) is 5.59. The summed E-state index contributed by atoms with van der Waals surface area (Å²) in [7, 11) is 1.78. The standard InChI is InChI=1S/C18H23N3O/c1-14-7-8-16(15(2)12-14)9-11-20-18(22)21(3)13-17-6-4-5-10-19-17/h4-8,10,12H,9,11,13H2,1-3H3,(H,20,22). The molecule has 1 heterocycles. The molecule has 4 heteroatoms. The van der Waals surface area contributed by atoms with Crippen LogP contribution in [0.4, 0.5) is 4.79 Å². The van der Waals surface area contributed by atoms with E-state index in [4.69, 9.17) is 0 Å². The van der Waals surface area contributed by atoms with Crippen LogP contribution in [0.3, 0.4) is 0 Å². The molecule has 0 aliphatic rings. The molecule has 1 aromatic heterocycles. The molecule has 116 valence electrons. The van der Waals surface area contributed by atoms with Crippen LogP contribution in [0, 0.1) is 13.8 Å². The van der Waals surface area contributed by atoms with E-state index < -0.39 is 0 Å².